The van der Waals surface area contributed by atoms with Crippen molar-refractivity contribution < 1.29 is 9.21 Å². The van der Waals surface area contributed by atoms with Gasteiger partial charge >= 0.3 is 0 Å². The van der Waals surface area contributed by atoms with E-state index < -0.39 is 0 Å². The molecule has 5 nitrogen and oxygen atoms in total. The Hall–Kier alpha value is -2.37. The molecular weight excluding hydrogens is 373 g/mol. The summed E-state index contributed by atoms with van der Waals surface area (Å²) in [5.74, 6) is 0.755. The maximum absolute atomic E-state index is 12.8. The Morgan fingerprint density at radius 1 is 1.00 bits per heavy atom. The van der Waals surface area contributed by atoms with Crippen molar-refractivity contribution in [1.29, 1.82) is 0 Å². The van der Waals surface area contributed by atoms with Crippen molar-refractivity contribution in [1.82, 2.24) is 15.1 Å². The van der Waals surface area contributed by atoms with Gasteiger partial charge in [0.25, 0.3) is 5.91 Å². The summed E-state index contributed by atoms with van der Waals surface area (Å²) < 4.78 is 5.74. The summed E-state index contributed by atoms with van der Waals surface area (Å²) in [6.45, 7) is 0.284. The van der Waals surface area contributed by atoms with Gasteiger partial charge < -0.3 is 9.32 Å². The second kappa shape index (κ2) is 7.09. The van der Waals surface area contributed by atoms with Crippen LogP contribution in [0, 0.1) is 0 Å². The number of halogens is 2. The SMILES string of the molecule is O=C(c1ccc(Cl)cc1)N(Cc1nnc(-c2ccc(Cl)cc2)o1)C1CC1. The monoisotopic (exact) mass is 387 g/mol. The fraction of sp³-hybridized carbons (Fsp3) is 0.211. The fourth-order valence-corrected chi connectivity index (χ4v) is 2.94. The van der Waals surface area contributed by atoms with Gasteiger partial charge in [-0.25, -0.2) is 0 Å². The molecule has 4 rings (SSSR count). The van der Waals surface area contributed by atoms with Gasteiger partial charge in [-0.15, -0.1) is 10.2 Å². The quantitative estimate of drug-likeness (QED) is 0.627. The lowest BCUT2D eigenvalue weighted by Gasteiger charge is -2.20. The Morgan fingerprint density at radius 2 is 1.62 bits per heavy atom. The van der Waals surface area contributed by atoms with E-state index >= 15 is 0 Å². The Bertz CT molecular complexity index is 919. The van der Waals surface area contributed by atoms with Crippen LogP contribution < -0.4 is 0 Å². The minimum Gasteiger partial charge on any atom is -0.419 e. The van der Waals surface area contributed by atoms with Crippen LogP contribution in [0.2, 0.25) is 10.0 Å². The third-order valence-corrected chi connectivity index (χ3v) is 4.71. The lowest BCUT2D eigenvalue weighted by atomic mass is 10.2. The predicted octanol–water partition coefficient (Wildman–Crippen LogP) is 4.85. The number of benzene rings is 2. The number of hydrogen-bond acceptors (Lipinski definition) is 4. The molecule has 1 amide bonds. The van der Waals surface area contributed by atoms with Gasteiger partial charge in [-0.2, -0.15) is 0 Å². The minimum atomic E-state index is -0.0598. The molecule has 0 aliphatic heterocycles. The first-order chi connectivity index (χ1) is 12.6. The first kappa shape index (κ1) is 17.1. The standard InChI is InChI=1S/C19H15Cl2N3O2/c20-14-5-1-12(2-6-14)18-23-22-17(26-18)11-24(16-9-10-16)19(25)13-3-7-15(21)8-4-13/h1-8,16H,9-11H2. The van der Waals surface area contributed by atoms with E-state index in [0.717, 1.165) is 18.4 Å². The van der Waals surface area contributed by atoms with E-state index in [-0.39, 0.29) is 18.5 Å². The van der Waals surface area contributed by atoms with Crippen molar-refractivity contribution in [2.75, 3.05) is 0 Å². The molecule has 1 heterocycles. The topological polar surface area (TPSA) is 59.2 Å². The van der Waals surface area contributed by atoms with Crippen molar-refractivity contribution in [3.63, 3.8) is 0 Å². The predicted molar refractivity (Wildman–Crippen MR) is 99.1 cm³/mol. The molecule has 0 unspecified atom stereocenters. The van der Waals surface area contributed by atoms with Crippen LogP contribution in [-0.4, -0.2) is 27.0 Å². The molecule has 1 saturated carbocycles. The molecule has 26 heavy (non-hydrogen) atoms. The van der Waals surface area contributed by atoms with Crippen LogP contribution in [0.4, 0.5) is 0 Å². The van der Waals surface area contributed by atoms with E-state index in [1.54, 1.807) is 41.3 Å². The normalized spacial score (nSPS) is 13.6. The first-order valence-electron chi connectivity index (χ1n) is 8.25. The summed E-state index contributed by atoms with van der Waals surface area (Å²) in [6, 6.07) is 14.3. The molecule has 7 heteroatoms. The number of hydrogen-bond donors (Lipinski definition) is 0. The van der Waals surface area contributed by atoms with Crippen LogP contribution in [-0.2, 0) is 6.54 Å². The average molecular weight is 388 g/mol. The van der Waals surface area contributed by atoms with E-state index in [2.05, 4.69) is 10.2 Å². The van der Waals surface area contributed by atoms with Gasteiger partial charge in [-0.3, -0.25) is 4.79 Å². The molecule has 132 valence electrons. The van der Waals surface area contributed by atoms with Crippen LogP contribution in [0.3, 0.4) is 0 Å². The molecular formula is C19H15Cl2N3O2. The fourth-order valence-electron chi connectivity index (χ4n) is 2.68. The van der Waals surface area contributed by atoms with Crippen LogP contribution in [0.15, 0.2) is 52.9 Å². The molecule has 2 aromatic carbocycles. The maximum Gasteiger partial charge on any atom is 0.254 e. The lowest BCUT2D eigenvalue weighted by molar-refractivity contribution is 0.0714. The zero-order valence-electron chi connectivity index (χ0n) is 13.7. The van der Waals surface area contributed by atoms with Crippen molar-refractivity contribution in [3.05, 3.63) is 70.0 Å². The molecule has 0 spiro atoms. The molecule has 1 aliphatic rings. The molecule has 3 aromatic rings. The third kappa shape index (κ3) is 3.74. The number of aromatic nitrogens is 2. The molecule has 0 bridgehead atoms. The number of carbonyl (C=O) groups is 1. The highest BCUT2D eigenvalue weighted by molar-refractivity contribution is 6.30. The van der Waals surface area contributed by atoms with Gasteiger partial charge in [-0.05, 0) is 61.4 Å². The number of rotatable bonds is 5. The Morgan fingerprint density at radius 3 is 2.23 bits per heavy atom. The average Bonchev–Trinajstić information content (AvgIpc) is 3.38. The highest BCUT2D eigenvalue weighted by Crippen LogP contribution is 2.30. The van der Waals surface area contributed by atoms with Crippen LogP contribution in [0.1, 0.15) is 29.1 Å². The summed E-state index contributed by atoms with van der Waals surface area (Å²) in [5, 5.41) is 9.41. The van der Waals surface area contributed by atoms with Gasteiger partial charge in [0, 0.05) is 27.2 Å². The Labute approximate surface area is 160 Å². The zero-order chi connectivity index (χ0) is 18.1. The highest BCUT2D eigenvalue weighted by Gasteiger charge is 2.34. The summed E-state index contributed by atoms with van der Waals surface area (Å²) in [5.41, 5.74) is 1.38. The molecule has 0 radical (unpaired) electrons. The van der Waals surface area contributed by atoms with E-state index in [0.29, 0.717) is 27.4 Å². The van der Waals surface area contributed by atoms with Gasteiger partial charge in [0.15, 0.2) is 0 Å². The van der Waals surface area contributed by atoms with E-state index in [1.165, 1.54) is 0 Å². The van der Waals surface area contributed by atoms with Gasteiger partial charge in [-0.1, -0.05) is 23.2 Å². The minimum absolute atomic E-state index is 0.0598. The van der Waals surface area contributed by atoms with Crippen LogP contribution in [0.25, 0.3) is 11.5 Å². The molecule has 1 fully saturated rings. The molecule has 0 atom stereocenters. The smallest absolute Gasteiger partial charge is 0.254 e. The molecule has 0 saturated heterocycles. The summed E-state index contributed by atoms with van der Waals surface area (Å²) in [7, 11) is 0. The van der Waals surface area contributed by atoms with E-state index in [1.807, 2.05) is 12.1 Å². The third-order valence-electron chi connectivity index (χ3n) is 4.20. The van der Waals surface area contributed by atoms with Crippen molar-refractivity contribution >= 4 is 29.1 Å². The maximum atomic E-state index is 12.8. The molecule has 0 N–H and O–H groups in total. The van der Waals surface area contributed by atoms with Crippen molar-refractivity contribution in [3.8, 4) is 11.5 Å². The number of carbonyl (C=O) groups excluding carboxylic acids is 1. The Balaban J connectivity index is 1.53. The second-order valence-electron chi connectivity index (χ2n) is 6.18. The largest absolute Gasteiger partial charge is 0.419 e. The lowest BCUT2D eigenvalue weighted by Crippen LogP contribution is -2.32. The Kier molecular flexibility index (Phi) is 4.66. The summed E-state index contributed by atoms with van der Waals surface area (Å²) >= 11 is 11.8. The second-order valence-corrected chi connectivity index (χ2v) is 7.05. The van der Waals surface area contributed by atoms with Crippen LogP contribution in [0.5, 0.6) is 0 Å². The summed E-state index contributed by atoms with van der Waals surface area (Å²) in [6.07, 6.45) is 1.97. The first-order valence-corrected chi connectivity index (χ1v) is 9.00. The highest BCUT2D eigenvalue weighted by atomic mass is 35.5. The van der Waals surface area contributed by atoms with E-state index in [9.17, 15) is 4.79 Å². The number of nitrogens with zero attached hydrogens (tertiary/aromatic N) is 3. The summed E-state index contributed by atoms with van der Waals surface area (Å²) in [4.78, 5) is 14.6. The van der Waals surface area contributed by atoms with E-state index in [4.69, 9.17) is 27.6 Å². The molecule has 1 aliphatic carbocycles. The van der Waals surface area contributed by atoms with Crippen LogP contribution >= 0.6 is 23.2 Å². The van der Waals surface area contributed by atoms with Gasteiger partial charge in [0.1, 0.15) is 0 Å². The zero-order valence-corrected chi connectivity index (χ0v) is 15.2. The van der Waals surface area contributed by atoms with Gasteiger partial charge in [0.2, 0.25) is 11.8 Å². The molecule has 1 aromatic heterocycles. The number of amides is 1. The van der Waals surface area contributed by atoms with Crippen molar-refractivity contribution in [2.45, 2.75) is 25.4 Å². The van der Waals surface area contributed by atoms with Gasteiger partial charge in [0.05, 0.1) is 6.54 Å². The van der Waals surface area contributed by atoms with Crippen molar-refractivity contribution in [2.24, 2.45) is 0 Å².